The van der Waals surface area contributed by atoms with Gasteiger partial charge in [-0.3, -0.25) is 4.79 Å². The van der Waals surface area contributed by atoms with Crippen molar-refractivity contribution in [3.05, 3.63) is 53.2 Å². The molecule has 0 spiro atoms. The van der Waals surface area contributed by atoms with E-state index in [1.807, 2.05) is 49.9 Å². The Kier molecular flexibility index (Phi) is 5.63. The molecule has 28 heavy (non-hydrogen) atoms. The number of anilines is 1. The second kappa shape index (κ2) is 7.97. The van der Waals surface area contributed by atoms with Crippen LogP contribution in [0.15, 0.2) is 36.5 Å². The number of aromatic nitrogens is 1. The maximum atomic E-state index is 11.1. The van der Waals surface area contributed by atoms with E-state index in [0.717, 1.165) is 33.8 Å². The number of carbonyl (C=O) groups is 1. The fourth-order valence-electron chi connectivity index (χ4n) is 3.60. The molecule has 0 radical (unpaired) electrons. The largest absolute Gasteiger partial charge is 0.480 e. The number of nitrogens with one attached hydrogen (secondary N) is 1. The quantitative estimate of drug-likeness (QED) is 0.559. The zero-order valence-corrected chi connectivity index (χ0v) is 17.2. The van der Waals surface area contributed by atoms with Crippen molar-refractivity contribution in [2.75, 3.05) is 18.0 Å². The van der Waals surface area contributed by atoms with Crippen molar-refractivity contribution >= 4 is 22.6 Å². The van der Waals surface area contributed by atoms with Gasteiger partial charge in [0.2, 0.25) is 0 Å². The van der Waals surface area contributed by atoms with E-state index in [9.17, 15) is 4.79 Å². The summed E-state index contributed by atoms with van der Waals surface area (Å²) in [5.41, 5.74) is 5.24. The van der Waals surface area contributed by atoms with E-state index in [1.165, 1.54) is 10.9 Å². The van der Waals surface area contributed by atoms with Gasteiger partial charge in [-0.05, 0) is 73.7 Å². The van der Waals surface area contributed by atoms with Crippen molar-refractivity contribution in [1.29, 1.82) is 0 Å². The van der Waals surface area contributed by atoms with Gasteiger partial charge in [0.1, 0.15) is 18.0 Å². The Morgan fingerprint density at radius 1 is 1.18 bits per heavy atom. The van der Waals surface area contributed by atoms with Gasteiger partial charge in [-0.2, -0.15) is 0 Å². The van der Waals surface area contributed by atoms with E-state index in [4.69, 9.17) is 9.84 Å². The maximum absolute atomic E-state index is 11.1. The Bertz CT molecular complexity index is 981. The lowest BCUT2D eigenvalue weighted by atomic mass is 10.0. The number of H-pyrrole nitrogens is 1. The molecular weight excluding hydrogens is 352 g/mol. The highest BCUT2D eigenvalue weighted by atomic mass is 16.5. The zero-order valence-electron chi connectivity index (χ0n) is 17.2. The van der Waals surface area contributed by atoms with Gasteiger partial charge < -0.3 is 19.7 Å². The standard InChI is InChI=1S/C23H28N2O3/c1-6-25(13-22(26)27)17-9-15(4)23(16(5)10-17)28-18-7-8-21-19(11-18)20(12-24-21)14(2)3/h7-12,14,24H,6,13H2,1-5H3,(H,26,27). The molecule has 3 aromatic rings. The Morgan fingerprint density at radius 2 is 1.86 bits per heavy atom. The SMILES string of the molecule is CCN(CC(=O)O)c1cc(C)c(Oc2ccc3[nH]cc(C(C)C)c3c2)c(C)c1. The van der Waals surface area contributed by atoms with Crippen molar-refractivity contribution in [2.24, 2.45) is 0 Å². The topological polar surface area (TPSA) is 65.6 Å². The Morgan fingerprint density at radius 3 is 2.43 bits per heavy atom. The van der Waals surface area contributed by atoms with E-state index in [-0.39, 0.29) is 6.54 Å². The zero-order chi connectivity index (χ0) is 20.4. The van der Waals surface area contributed by atoms with Crippen LogP contribution in [0.5, 0.6) is 11.5 Å². The molecule has 0 atom stereocenters. The van der Waals surface area contributed by atoms with Gasteiger partial charge in [0.25, 0.3) is 0 Å². The number of ether oxygens (including phenoxy) is 1. The van der Waals surface area contributed by atoms with Gasteiger partial charge in [-0.15, -0.1) is 0 Å². The highest BCUT2D eigenvalue weighted by molar-refractivity contribution is 5.85. The third-order valence-corrected chi connectivity index (χ3v) is 5.05. The molecule has 1 heterocycles. The van der Waals surface area contributed by atoms with Crippen LogP contribution in [0, 0.1) is 13.8 Å². The first-order valence-electron chi connectivity index (χ1n) is 9.67. The van der Waals surface area contributed by atoms with Crippen LogP contribution >= 0.6 is 0 Å². The average molecular weight is 380 g/mol. The lowest BCUT2D eigenvalue weighted by Gasteiger charge is -2.23. The fourth-order valence-corrected chi connectivity index (χ4v) is 3.60. The summed E-state index contributed by atoms with van der Waals surface area (Å²) in [5, 5.41) is 10.3. The molecule has 0 unspecified atom stereocenters. The highest BCUT2D eigenvalue weighted by Gasteiger charge is 2.15. The molecule has 0 saturated heterocycles. The first-order chi connectivity index (χ1) is 13.3. The van der Waals surface area contributed by atoms with E-state index < -0.39 is 5.97 Å². The van der Waals surface area contributed by atoms with E-state index in [2.05, 4.69) is 31.1 Å². The van der Waals surface area contributed by atoms with Crippen LogP contribution < -0.4 is 9.64 Å². The van der Waals surface area contributed by atoms with Crippen LogP contribution in [0.25, 0.3) is 10.9 Å². The van der Waals surface area contributed by atoms with Crippen molar-refractivity contribution in [3.8, 4) is 11.5 Å². The highest BCUT2D eigenvalue weighted by Crippen LogP contribution is 2.35. The van der Waals surface area contributed by atoms with Crippen LogP contribution in [0.2, 0.25) is 0 Å². The summed E-state index contributed by atoms with van der Waals surface area (Å²) in [6.07, 6.45) is 2.06. The van der Waals surface area contributed by atoms with Crippen LogP contribution in [-0.2, 0) is 4.79 Å². The monoisotopic (exact) mass is 380 g/mol. The summed E-state index contributed by atoms with van der Waals surface area (Å²) in [5.74, 6) is 1.21. The van der Waals surface area contributed by atoms with E-state index in [0.29, 0.717) is 12.5 Å². The maximum Gasteiger partial charge on any atom is 0.323 e. The number of fused-ring (bicyclic) bond motifs is 1. The summed E-state index contributed by atoms with van der Waals surface area (Å²) in [6.45, 7) is 10.9. The first-order valence-corrected chi connectivity index (χ1v) is 9.67. The van der Waals surface area contributed by atoms with Crippen LogP contribution in [0.3, 0.4) is 0 Å². The van der Waals surface area contributed by atoms with Gasteiger partial charge in [0.05, 0.1) is 0 Å². The molecule has 0 bridgehead atoms. The van der Waals surface area contributed by atoms with Crippen LogP contribution in [0.4, 0.5) is 5.69 Å². The molecule has 0 amide bonds. The van der Waals surface area contributed by atoms with Gasteiger partial charge >= 0.3 is 5.97 Å². The molecule has 0 aliphatic rings. The van der Waals surface area contributed by atoms with Crippen molar-refractivity contribution < 1.29 is 14.6 Å². The molecule has 3 rings (SSSR count). The average Bonchev–Trinajstić information content (AvgIpc) is 3.05. The van der Waals surface area contributed by atoms with Gasteiger partial charge in [-0.25, -0.2) is 0 Å². The molecular formula is C23H28N2O3. The Labute approximate surface area is 165 Å². The molecule has 0 aliphatic carbocycles. The molecule has 148 valence electrons. The second-order valence-electron chi connectivity index (χ2n) is 7.52. The number of likely N-dealkylation sites (N-methyl/N-ethyl adjacent to an activating group) is 1. The number of carboxylic acid groups (broad SMARTS) is 1. The summed E-state index contributed by atoms with van der Waals surface area (Å²) in [6, 6.07) is 10.1. The van der Waals surface area contributed by atoms with Crippen molar-refractivity contribution in [2.45, 2.75) is 40.5 Å². The molecule has 1 aromatic heterocycles. The number of nitrogens with zero attached hydrogens (tertiary/aromatic N) is 1. The van der Waals surface area contributed by atoms with Crippen LogP contribution in [0.1, 0.15) is 43.4 Å². The van der Waals surface area contributed by atoms with Crippen molar-refractivity contribution in [1.82, 2.24) is 4.98 Å². The number of aryl methyl sites for hydroxylation is 2. The molecule has 0 fully saturated rings. The van der Waals surface area contributed by atoms with E-state index >= 15 is 0 Å². The Balaban J connectivity index is 1.93. The summed E-state index contributed by atoms with van der Waals surface area (Å²) >= 11 is 0. The summed E-state index contributed by atoms with van der Waals surface area (Å²) in [4.78, 5) is 16.3. The lowest BCUT2D eigenvalue weighted by molar-refractivity contribution is -0.135. The summed E-state index contributed by atoms with van der Waals surface area (Å²) < 4.78 is 6.25. The van der Waals surface area contributed by atoms with E-state index in [1.54, 1.807) is 0 Å². The number of benzene rings is 2. The molecule has 5 heteroatoms. The van der Waals surface area contributed by atoms with Gasteiger partial charge in [-0.1, -0.05) is 13.8 Å². The fraction of sp³-hybridized carbons (Fsp3) is 0.348. The predicted molar refractivity (Wildman–Crippen MR) is 114 cm³/mol. The number of rotatable bonds is 7. The van der Waals surface area contributed by atoms with Gasteiger partial charge in [0.15, 0.2) is 0 Å². The number of hydrogen-bond donors (Lipinski definition) is 2. The van der Waals surface area contributed by atoms with Crippen LogP contribution in [-0.4, -0.2) is 29.1 Å². The number of carboxylic acids is 1. The minimum absolute atomic E-state index is 0.0162. The second-order valence-corrected chi connectivity index (χ2v) is 7.52. The molecule has 5 nitrogen and oxygen atoms in total. The third kappa shape index (κ3) is 3.98. The number of hydrogen-bond acceptors (Lipinski definition) is 3. The number of aromatic amines is 1. The minimum Gasteiger partial charge on any atom is -0.480 e. The van der Waals surface area contributed by atoms with Gasteiger partial charge in [0, 0.05) is 29.3 Å². The normalized spacial score (nSPS) is 11.2. The Hall–Kier alpha value is -2.95. The lowest BCUT2D eigenvalue weighted by Crippen LogP contribution is -2.29. The summed E-state index contributed by atoms with van der Waals surface area (Å²) in [7, 11) is 0. The smallest absolute Gasteiger partial charge is 0.323 e. The minimum atomic E-state index is -0.835. The third-order valence-electron chi connectivity index (χ3n) is 5.05. The number of aliphatic carboxylic acids is 1. The molecule has 0 saturated carbocycles. The predicted octanol–water partition coefficient (Wildman–Crippen LogP) is 5.61. The molecule has 0 aliphatic heterocycles. The molecule has 2 aromatic carbocycles. The first kappa shape index (κ1) is 19.8. The van der Waals surface area contributed by atoms with Crippen molar-refractivity contribution in [3.63, 3.8) is 0 Å². The molecule has 2 N–H and O–H groups in total.